The van der Waals surface area contributed by atoms with Crippen molar-refractivity contribution in [2.24, 2.45) is 7.05 Å². The number of para-hydroxylation sites is 1. The second kappa shape index (κ2) is 9.11. The van der Waals surface area contributed by atoms with Gasteiger partial charge in [0.25, 0.3) is 0 Å². The van der Waals surface area contributed by atoms with E-state index >= 15 is 0 Å². The van der Waals surface area contributed by atoms with Crippen molar-refractivity contribution in [2.75, 3.05) is 19.8 Å². The van der Waals surface area contributed by atoms with Gasteiger partial charge in [0.05, 0.1) is 18.9 Å². The number of benzene rings is 1. The number of carbonyl (C=O) groups is 2. The highest BCUT2D eigenvalue weighted by molar-refractivity contribution is 5.90. The number of fused-ring (bicyclic) bond motifs is 1. The van der Waals surface area contributed by atoms with Crippen LogP contribution in [0.1, 0.15) is 52.6 Å². The quantitative estimate of drug-likeness (QED) is 0.529. The molecule has 0 bridgehead atoms. The zero-order chi connectivity index (χ0) is 21.0. The Labute approximate surface area is 171 Å². The average molecular weight is 399 g/mol. The molecule has 1 aliphatic rings. The molecule has 0 atom stereocenters. The molecule has 0 aliphatic carbocycles. The summed E-state index contributed by atoms with van der Waals surface area (Å²) in [7, 11) is 1.74. The van der Waals surface area contributed by atoms with Gasteiger partial charge in [-0.1, -0.05) is 18.2 Å². The van der Waals surface area contributed by atoms with E-state index in [9.17, 15) is 9.59 Å². The van der Waals surface area contributed by atoms with E-state index in [2.05, 4.69) is 5.10 Å². The lowest BCUT2D eigenvalue weighted by molar-refractivity contribution is -0.132. The van der Waals surface area contributed by atoms with Crippen LogP contribution in [0, 0.1) is 13.8 Å². The molecule has 2 aromatic rings. The molecule has 1 aromatic heterocycles. The summed E-state index contributed by atoms with van der Waals surface area (Å²) in [5, 5.41) is 4.43. The van der Waals surface area contributed by atoms with E-state index in [-0.39, 0.29) is 11.9 Å². The van der Waals surface area contributed by atoms with E-state index in [0.29, 0.717) is 51.3 Å². The highest BCUT2D eigenvalue weighted by atomic mass is 16.5. The summed E-state index contributed by atoms with van der Waals surface area (Å²) < 4.78 is 12.6. The highest BCUT2D eigenvalue weighted by Gasteiger charge is 2.29. The molecular weight excluding hydrogens is 370 g/mol. The lowest BCUT2D eigenvalue weighted by Crippen LogP contribution is -2.36. The van der Waals surface area contributed by atoms with Gasteiger partial charge in [-0.2, -0.15) is 5.10 Å². The minimum atomic E-state index is -0.389. The number of nitrogens with zero attached hydrogens (tertiary/aromatic N) is 3. The molecule has 1 aromatic carbocycles. The number of carbonyl (C=O) groups excluding carboxylic acids is 2. The Morgan fingerprint density at radius 2 is 1.93 bits per heavy atom. The van der Waals surface area contributed by atoms with Gasteiger partial charge in [0, 0.05) is 38.5 Å². The fraction of sp³-hybridized carbons (Fsp3) is 0.500. The first-order chi connectivity index (χ1) is 13.9. The van der Waals surface area contributed by atoms with Crippen LogP contribution >= 0.6 is 0 Å². The number of rotatable bonds is 7. The monoisotopic (exact) mass is 399 g/mol. The van der Waals surface area contributed by atoms with Gasteiger partial charge in [-0.05, 0) is 38.3 Å². The molecule has 1 amide bonds. The maximum atomic E-state index is 12.7. The van der Waals surface area contributed by atoms with Crippen LogP contribution in [0.4, 0.5) is 0 Å². The summed E-state index contributed by atoms with van der Waals surface area (Å²) in [6.45, 7) is 7.63. The van der Waals surface area contributed by atoms with Crippen LogP contribution in [0.3, 0.4) is 0 Å². The van der Waals surface area contributed by atoms with Crippen molar-refractivity contribution >= 4 is 11.9 Å². The molecule has 29 heavy (non-hydrogen) atoms. The Morgan fingerprint density at radius 3 is 2.62 bits per heavy atom. The van der Waals surface area contributed by atoms with Gasteiger partial charge in [-0.15, -0.1) is 0 Å². The summed E-state index contributed by atoms with van der Waals surface area (Å²) in [5.41, 5.74) is 4.32. The second-order valence-electron chi connectivity index (χ2n) is 7.36. The molecule has 0 spiro atoms. The number of aromatic nitrogens is 2. The van der Waals surface area contributed by atoms with Crippen LogP contribution in [0.5, 0.6) is 5.75 Å². The number of hydrogen-bond donors (Lipinski definition) is 0. The van der Waals surface area contributed by atoms with E-state index in [0.717, 1.165) is 28.1 Å². The second-order valence-corrected chi connectivity index (χ2v) is 7.36. The Balaban J connectivity index is 1.56. The third-order valence-corrected chi connectivity index (χ3v) is 5.21. The Morgan fingerprint density at radius 1 is 1.21 bits per heavy atom. The SMILES string of the molecule is CCOC(=O)c1c2c(nn1C)CCN(C(=O)CCCOc1c(C)cccc1C)C2. The molecule has 7 nitrogen and oxygen atoms in total. The zero-order valence-electron chi connectivity index (χ0n) is 17.7. The van der Waals surface area contributed by atoms with Gasteiger partial charge in [0.2, 0.25) is 5.91 Å². The normalized spacial score (nSPS) is 13.2. The Kier molecular flexibility index (Phi) is 6.56. The maximum absolute atomic E-state index is 12.7. The number of aryl methyl sites for hydroxylation is 3. The van der Waals surface area contributed by atoms with Crippen LogP contribution in [0.25, 0.3) is 0 Å². The fourth-order valence-corrected chi connectivity index (χ4v) is 3.75. The van der Waals surface area contributed by atoms with Crippen molar-refractivity contribution in [1.82, 2.24) is 14.7 Å². The van der Waals surface area contributed by atoms with Gasteiger partial charge in [-0.3, -0.25) is 9.48 Å². The first-order valence-electron chi connectivity index (χ1n) is 10.1. The fourth-order valence-electron chi connectivity index (χ4n) is 3.75. The molecule has 156 valence electrons. The van der Waals surface area contributed by atoms with E-state index in [1.54, 1.807) is 23.6 Å². The highest BCUT2D eigenvalue weighted by Crippen LogP contribution is 2.24. The summed E-state index contributed by atoms with van der Waals surface area (Å²) in [6.07, 6.45) is 1.70. The maximum Gasteiger partial charge on any atom is 0.356 e. The van der Waals surface area contributed by atoms with Gasteiger partial charge in [0.1, 0.15) is 5.75 Å². The molecule has 0 saturated heterocycles. The largest absolute Gasteiger partial charge is 0.493 e. The lowest BCUT2D eigenvalue weighted by atomic mass is 10.0. The molecule has 7 heteroatoms. The molecule has 0 saturated carbocycles. The first-order valence-corrected chi connectivity index (χ1v) is 10.1. The van der Waals surface area contributed by atoms with E-state index in [4.69, 9.17) is 9.47 Å². The Bertz CT molecular complexity index is 883. The topological polar surface area (TPSA) is 73.7 Å². The van der Waals surface area contributed by atoms with Crippen molar-refractivity contribution in [2.45, 2.75) is 46.6 Å². The summed E-state index contributed by atoms with van der Waals surface area (Å²) in [4.78, 5) is 26.8. The van der Waals surface area contributed by atoms with Crippen molar-refractivity contribution in [3.63, 3.8) is 0 Å². The molecule has 0 unspecified atom stereocenters. The van der Waals surface area contributed by atoms with Crippen molar-refractivity contribution < 1.29 is 19.1 Å². The van der Waals surface area contributed by atoms with Gasteiger partial charge in [-0.25, -0.2) is 4.79 Å². The van der Waals surface area contributed by atoms with Crippen LogP contribution < -0.4 is 4.74 Å². The van der Waals surface area contributed by atoms with Crippen LogP contribution in [0.2, 0.25) is 0 Å². The number of amides is 1. The molecule has 3 rings (SSSR count). The van der Waals surface area contributed by atoms with E-state index in [1.807, 2.05) is 32.0 Å². The van der Waals surface area contributed by atoms with Crippen molar-refractivity contribution in [3.05, 3.63) is 46.3 Å². The van der Waals surface area contributed by atoms with E-state index in [1.165, 1.54) is 0 Å². The summed E-state index contributed by atoms with van der Waals surface area (Å²) >= 11 is 0. The molecule has 0 N–H and O–H groups in total. The number of hydrogen-bond acceptors (Lipinski definition) is 5. The predicted molar refractivity (Wildman–Crippen MR) is 109 cm³/mol. The number of esters is 1. The molecule has 0 radical (unpaired) electrons. The third kappa shape index (κ3) is 4.60. The standard InChI is InChI=1S/C22H29N3O4/c1-5-28-22(27)20-17-14-25(12-11-18(17)23-24(20)4)19(26)10-7-13-29-21-15(2)8-6-9-16(21)3/h6,8-9H,5,7,10-14H2,1-4H3. The Hall–Kier alpha value is -2.83. The molecule has 1 aliphatic heterocycles. The molecule has 2 heterocycles. The molecular formula is C22H29N3O4. The lowest BCUT2D eigenvalue weighted by Gasteiger charge is -2.27. The third-order valence-electron chi connectivity index (χ3n) is 5.21. The van der Waals surface area contributed by atoms with Crippen LogP contribution in [0.15, 0.2) is 18.2 Å². The van der Waals surface area contributed by atoms with Crippen LogP contribution in [-0.4, -0.2) is 46.3 Å². The van der Waals surface area contributed by atoms with E-state index < -0.39 is 0 Å². The predicted octanol–water partition coefficient (Wildman–Crippen LogP) is 2.96. The summed E-state index contributed by atoms with van der Waals surface area (Å²) in [6, 6.07) is 6.05. The van der Waals surface area contributed by atoms with Gasteiger partial charge >= 0.3 is 5.97 Å². The van der Waals surface area contributed by atoms with Gasteiger partial charge in [0.15, 0.2) is 5.69 Å². The summed E-state index contributed by atoms with van der Waals surface area (Å²) in [5.74, 6) is 0.580. The molecule has 0 fully saturated rings. The first kappa shape index (κ1) is 20.9. The number of ether oxygens (including phenoxy) is 2. The minimum absolute atomic E-state index is 0.0689. The average Bonchev–Trinajstić information content (AvgIpc) is 3.02. The van der Waals surface area contributed by atoms with Crippen LogP contribution in [-0.2, 0) is 29.5 Å². The zero-order valence-corrected chi connectivity index (χ0v) is 17.7. The van der Waals surface area contributed by atoms with Gasteiger partial charge < -0.3 is 14.4 Å². The van der Waals surface area contributed by atoms with Crippen molar-refractivity contribution in [3.8, 4) is 5.75 Å². The van der Waals surface area contributed by atoms with Crippen molar-refractivity contribution in [1.29, 1.82) is 0 Å². The smallest absolute Gasteiger partial charge is 0.356 e. The minimum Gasteiger partial charge on any atom is -0.493 e.